The molecule has 1 spiro atoms. The quantitative estimate of drug-likeness (QED) is 0.724. The SMILES string of the molecule is CN1C(=O)C2(C(C#N)=C(N)N(c3ccc(F)cc3)C3=C2C(=O)CC(C)(C)C3)c2ccccc21. The Morgan fingerprint density at radius 2 is 1.73 bits per heavy atom. The maximum Gasteiger partial charge on any atom is 0.247 e. The molecule has 2 aromatic carbocycles. The molecule has 2 N–H and O–H groups in total. The van der Waals surface area contributed by atoms with Crippen LogP contribution in [0.5, 0.6) is 0 Å². The molecule has 2 aliphatic heterocycles. The molecule has 1 amide bonds. The van der Waals surface area contributed by atoms with E-state index in [1.807, 2.05) is 19.9 Å². The molecule has 33 heavy (non-hydrogen) atoms. The van der Waals surface area contributed by atoms with Crippen LogP contribution in [0.4, 0.5) is 15.8 Å². The van der Waals surface area contributed by atoms with E-state index in [1.165, 1.54) is 17.0 Å². The van der Waals surface area contributed by atoms with Crippen molar-refractivity contribution in [3.8, 4) is 6.07 Å². The molecule has 0 bridgehead atoms. The number of anilines is 2. The predicted molar refractivity (Wildman–Crippen MR) is 122 cm³/mol. The number of para-hydroxylation sites is 1. The van der Waals surface area contributed by atoms with Gasteiger partial charge in [-0.1, -0.05) is 32.0 Å². The number of fused-ring (bicyclic) bond motifs is 3. The molecule has 0 saturated carbocycles. The van der Waals surface area contributed by atoms with E-state index in [4.69, 9.17) is 5.73 Å². The van der Waals surface area contributed by atoms with Crippen molar-refractivity contribution in [2.24, 2.45) is 11.1 Å². The zero-order valence-electron chi connectivity index (χ0n) is 18.6. The summed E-state index contributed by atoms with van der Waals surface area (Å²) in [6, 6.07) is 15.1. The highest BCUT2D eigenvalue weighted by Crippen LogP contribution is 2.58. The number of nitriles is 1. The van der Waals surface area contributed by atoms with E-state index < -0.39 is 11.2 Å². The minimum atomic E-state index is -1.59. The van der Waals surface area contributed by atoms with Crippen LogP contribution in [0.25, 0.3) is 0 Å². The van der Waals surface area contributed by atoms with Gasteiger partial charge in [0.05, 0.1) is 5.57 Å². The summed E-state index contributed by atoms with van der Waals surface area (Å²) in [4.78, 5) is 30.8. The van der Waals surface area contributed by atoms with Crippen molar-refractivity contribution >= 4 is 23.1 Å². The van der Waals surface area contributed by atoms with E-state index in [2.05, 4.69) is 6.07 Å². The molecule has 5 rings (SSSR count). The number of Topliss-reactive ketones (excluding diaryl/α,β-unsaturated/α-hetero) is 1. The number of hydrogen-bond donors (Lipinski definition) is 1. The summed E-state index contributed by atoms with van der Waals surface area (Å²) < 4.78 is 13.7. The molecular weight excluding hydrogens is 419 g/mol. The highest BCUT2D eigenvalue weighted by atomic mass is 19.1. The minimum Gasteiger partial charge on any atom is -0.384 e. The van der Waals surface area contributed by atoms with Gasteiger partial charge < -0.3 is 10.6 Å². The Hall–Kier alpha value is -3.92. The van der Waals surface area contributed by atoms with Gasteiger partial charge in [0.1, 0.15) is 23.1 Å². The average molecular weight is 442 g/mol. The van der Waals surface area contributed by atoms with Crippen molar-refractivity contribution in [3.63, 3.8) is 0 Å². The monoisotopic (exact) mass is 442 g/mol. The number of carbonyl (C=O) groups excluding carboxylic acids is 2. The Labute approximate surface area is 191 Å². The summed E-state index contributed by atoms with van der Waals surface area (Å²) >= 11 is 0. The number of ketones is 1. The summed E-state index contributed by atoms with van der Waals surface area (Å²) in [5, 5.41) is 10.3. The molecular formula is C26H23FN4O2. The Bertz CT molecular complexity index is 1330. The van der Waals surface area contributed by atoms with Crippen LogP contribution < -0.4 is 15.5 Å². The van der Waals surface area contributed by atoms with E-state index >= 15 is 0 Å². The van der Waals surface area contributed by atoms with E-state index in [-0.39, 0.29) is 34.9 Å². The molecule has 0 fully saturated rings. The number of halogens is 1. The maximum atomic E-state index is 13.9. The Balaban J connectivity index is 1.91. The number of allylic oxidation sites excluding steroid dienone is 1. The average Bonchev–Trinajstić information content (AvgIpc) is 2.97. The van der Waals surface area contributed by atoms with Gasteiger partial charge in [-0.2, -0.15) is 5.26 Å². The first-order valence-electron chi connectivity index (χ1n) is 10.7. The zero-order valence-corrected chi connectivity index (χ0v) is 18.6. The number of likely N-dealkylation sites (N-methyl/N-ethyl adjacent to an activating group) is 1. The lowest BCUT2D eigenvalue weighted by Crippen LogP contribution is -2.53. The lowest BCUT2D eigenvalue weighted by molar-refractivity contribution is -0.124. The first-order chi connectivity index (χ1) is 15.6. The fourth-order valence-electron chi connectivity index (χ4n) is 5.55. The predicted octanol–water partition coefficient (Wildman–Crippen LogP) is 3.90. The number of rotatable bonds is 1. The third-order valence-corrected chi connectivity index (χ3v) is 6.86. The van der Waals surface area contributed by atoms with Crippen molar-refractivity contribution in [2.45, 2.75) is 32.1 Å². The van der Waals surface area contributed by atoms with Gasteiger partial charge in [-0.25, -0.2) is 4.39 Å². The summed E-state index contributed by atoms with van der Waals surface area (Å²) in [5.41, 5.74) is 7.30. The summed E-state index contributed by atoms with van der Waals surface area (Å²) in [6.07, 6.45) is 0.703. The van der Waals surface area contributed by atoms with Crippen LogP contribution in [-0.2, 0) is 15.0 Å². The highest BCUT2D eigenvalue weighted by Gasteiger charge is 2.62. The number of benzene rings is 2. The molecule has 0 radical (unpaired) electrons. The van der Waals surface area contributed by atoms with Crippen LogP contribution in [0.1, 0.15) is 32.3 Å². The molecule has 2 heterocycles. The van der Waals surface area contributed by atoms with E-state index in [9.17, 15) is 19.2 Å². The number of amides is 1. The zero-order chi connectivity index (χ0) is 23.7. The van der Waals surface area contributed by atoms with Gasteiger partial charge in [-0.3, -0.25) is 14.5 Å². The molecule has 1 atom stereocenters. The number of nitrogens with zero attached hydrogens (tertiary/aromatic N) is 3. The lowest BCUT2D eigenvalue weighted by atomic mass is 9.60. The van der Waals surface area contributed by atoms with E-state index in [1.54, 1.807) is 42.3 Å². The van der Waals surface area contributed by atoms with Gasteiger partial charge in [0.25, 0.3) is 0 Å². The number of hydrogen-bond acceptors (Lipinski definition) is 5. The fourth-order valence-corrected chi connectivity index (χ4v) is 5.55. The van der Waals surface area contributed by atoms with Gasteiger partial charge in [-0.05, 0) is 42.2 Å². The molecule has 3 aliphatic rings. The van der Waals surface area contributed by atoms with Gasteiger partial charge in [0.15, 0.2) is 5.78 Å². The molecule has 0 aromatic heterocycles. The van der Waals surface area contributed by atoms with Crippen LogP contribution in [0.15, 0.2) is 71.2 Å². The fraction of sp³-hybridized carbons (Fsp3) is 0.269. The van der Waals surface area contributed by atoms with Crippen molar-refractivity contribution < 1.29 is 14.0 Å². The summed E-state index contributed by atoms with van der Waals surface area (Å²) in [5.74, 6) is -0.896. The molecule has 0 saturated heterocycles. The normalized spacial score (nSPS) is 23.7. The number of nitrogens with two attached hydrogens (primary N) is 1. The highest BCUT2D eigenvalue weighted by molar-refractivity contribution is 6.20. The van der Waals surface area contributed by atoms with Gasteiger partial charge in [0, 0.05) is 41.7 Å². The summed E-state index contributed by atoms with van der Waals surface area (Å²) in [6.45, 7) is 3.97. The molecule has 1 unspecified atom stereocenters. The molecule has 1 aliphatic carbocycles. The van der Waals surface area contributed by atoms with Crippen molar-refractivity contribution in [1.82, 2.24) is 0 Å². The van der Waals surface area contributed by atoms with Crippen molar-refractivity contribution in [3.05, 3.63) is 82.6 Å². The Kier molecular flexibility index (Phi) is 4.31. The maximum absolute atomic E-state index is 13.9. The third-order valence-electron chi connectivity index (χ3n) is 6.86. The van der Waals surface area contributed by atoms with Crippen LogP contribution in [0.3, 0.4) is 0 Å². The second-order valence-electron chi connectivity index (χ2n) is 9.58. The standard InChI is InChI=1S/C26H23FN4O2/c1-25(2)12-20-22(21(32)13-25)26(17-6-4-5-7-19(17)30(3)24(26)33)18(14-28)23(29)31(20)16-10-8-15(27)9-11-16/h4-11H,12-13,29H2,1-3H3. The molecule has 6 nitrogen and oxygen atoms in total. The van der Waals surface area contributed by atoms with Crippen LogP contribution >= 0.6 is 0 Å². The largest absolute Gasteiger partial charge is 0.384 e. The molecule has 166 valence electrons. The van der Waals surface area contributed by atoms with Crippen LogP contribution in [0, 0.1) is 22.6 Å². The topological polar surface area (TPSA) is 90.4 Å². The minimum absolute atomic E-state index is 0.0143. The second kappa shape index (κ2) is 6.79. The van der Waals surface area contributed by atoms with Gasteiger partial charge in [-0.15, -0.1) is 0 Å². The van der Waals surface area contributed by atoms with Crippen LogP contribution in [-0.4, -0.2) is 18.7 Å². The summed E-state index contributed by atoms with van der Waals surface area (Å²) in [7, 11) is 1.64. The first-order valence-corrected chi connectivity index (χ1v) is 10.7. The molecule has 2 aromatic rings. The molecule has 7 heteroatoms. The van der Waals surface area contributed by atoms with Gasteiger partial charge >= 0.3 is 0 Å². The van der Waals surface area contributed by atoms with Gasteiger partial charge in [0.2, 0.25) is 5.91 Å². The van der Waals surface area contributed by atoms with E-state index in [0.717, 1.165) is 0 Å². The third kappa shape index (κ3) is 2.64. The van der Waals surface area contributed by atoms with Crippen LogP contribution in [0.2, 0.25) is 0 Å². The Morgan fingerprint density at radius 1 is 1.06 bits per heavy atom. The second-order valence-corrected chi connectivity index (χ2v) is 9.58. The Morgan fingerprint density at radius 3 is 2.39 bits per heavy atom. The van der Waals surface area contributed by atoms with E-state index in [0.29, 0.717) is 34.6 Å². The number of carbonyl (C=O) groups is 2. The lowest BCUT2D eigenvalue weighted by Gasteiger charge is -2.46. The smallest absolute Gasteiger partial charge is 0.247 e. The van der Waals surface area contributed by atoms with Crippen molar-refractivity contribution in [2.75, 3.05) is 16.8 Å². The van der Waals surface area contributed by atoms with Crippen molar-refractivity contribution in [1.29, 1.82) is 5.26 Å². The first kappa shape index (κ1) is 21.0.